The van der Waals surface area contributed by atoms with E-state index in [0.717, 1.165) is 26.1 Å². The van der Waals surface area contributed by atoms with Crippen molar-refractivity contribution in [1.29, 1.82) is 0 Å². The highest BCUT2D eigenvalue weighted by molar-refractivity contribution is 5.77. The summed E-state index contributed by atoms with van der Waals surface area (Å²) in [4.78, 5) is 16.7. The minimum absolute atomic E-state index is 0.0712. The van der Waals surface area contributed by atoms with Crippen LogP contribution in [-0.2, 0) is 9.63 Å². The highest BCUT2D eigenvalue weighted by atomic mass is 16.7. The van der Waals surface area contributed by atoms with Gasteiger partial charge in [-0.05, 0) is 32.4 Å². The molecule has 0 aliphatic carbocycles. The maximum atomic E-state index is 11.4. The summed E-state index contributed by atoms with van der Waals surface area (Å²) in [6.07, 6.45) is 1.77. The summed E-state index contributed by atoms with van der Waals surface area (Å²) in [5.41, 5.74) is 0. The molecular formula is C9H16N2O2. The Morgan fingerprint density at radius 3 is 3.08 bits per heavy atom. The van der Waals surface area contributed by atoms with E-state index < -0.39 is 0 Å². The lowest BCUT2D eigenvalue weighted by atomic mass is 10.1. The average molecular weight is 184 g/mol. The Bertz CT molecular complexity index is 202. The van der Waals surface area contributed by atoms with Gasteiger partial charge in [0.25, 0.3) is 0 Å². The smallest absolute Gasteiger partial charge is 0.248 e. The van der Waals surface area contributed by atoms with Gasteiger partial charge >= 0.3 is 0 Å². The molecule has 74 valence electrons. The SMILES string of the molecule is CC1CC(=O)N(CC2CCNC2)O1. The Hall–Kier alpha value is -0.610. The zero-order valence-electron chi connectivity index (χ0n) is 7.95. The molecule has 2 atom stereocenters. The minimum Gasteiger partial charge on any atom is -0.316 e. The van der Waals surface area contributed by atoms with Gasteiger partial charge in [-0.25, -0.2) is 5.06 Å². The molecule has 0 aromatic rings. The van der Waals surface area contributed by atoms with Gasteiger partial charge < -0.3 is 5.32 Å². The molecule has 0 saturated carbocycles. The minimum atomic E-state index is 0.0712. The van der Waals surface area contributed by atoms with Crippen LogP contribution in [-0.4, -0.2) is 36.7 Å². The Balaban J connectivity index is 1.83. The van der Waals surface area contributed by atoms with Gasteiger partial charge in [0.2, 0.25) is 5.91 Å². The second kappa shape index (κ2) is 3.64. The van der Waals surface area contributed by atoms with E-state index >= 15 is 0 Å². The van der Waals surface area contributed by atoms with E-state index in [0.29, 0.717) is 12.3 Å². The molecular weight excluding hydrogens is 168 g/mol. The first-order valence-corrected chi connectivity index (χ1v) is 4.93. The van der Waals surface area contributed by atoms with Gasteiger partial charge in [0.1, 0.15) is 0 Å². The Kier molecular flexibility index (Phi) is 2.51. The number of rotatable bonds is 2. The van der Waals surface area contributed by atoms with Crippen LogP contribution in [0.1, 0.15) is 19.8 Å². The highest BCUT2D eigenvalue weighted by Crippen LogP contribution is 2.18. The van der Waals surface area contributed by atoms with Crippen molar-refractivity contribution in [3.8, 4) is 0 Å². The molecule has 0 radical (unpaired) electrons. The molecule has 2 fully saturated rings. The second-order valence-electron chi connectivity index (χ2n) is 3.93. The largest absolute Gasteiger partial charge is 0.316 e. The van der Waals surface area contributed by atoms with Gasteiger partial charge in [0.15, 0.2) is 0 Å². The quantitative estimate of drug-likeness (QED) is 0.664. The van der Waals surface area contributed by atoms with Gasteiger partial charge in [-0.3, -0.25) is 9.63 Å². The summed E-state index contributed by atoms with van der Waals surface area (Å²) in [6.45, 7) is 4.78. The lowest BCUT2D eigenvalue weighted by Crippen LogP contribution is -2.30. The maximum absolute atomic E-state index is 11.4. The lowest BCUT2D eigenvalue weighted by molar-refractivity contribution is -0.173. The van der Waals surface area contributed by atoms with Crippen LogP contribution < -0.4 is 5.32 Å². The molecule has 13 heavy (non-hydrogen) atoms. The first-order chi connectivity index (χ1) is 6.25. The van der Waals surface area contributed by atoms with Gasteiger partial charge in [-0.2, -0.15) is 0 Å². The average Bonchev–Trinajstić information content (AvgIpc) is 2.63. The lowest BCUT2D eigenvalue weighted by Gasteiger charge is -2.18. The van der Waals surface area contributed by atoms with Crippen molar-refractivity contribution in [3.63, 3.8) is 0 Å². The van der Waals surface area contributed by atoms with Gasteiger partial charge in [-0.15, -0.1) is 0 Å². The molecule has 4 nitrogen and oxygen atoms in total. The van der Waals surface area contributed by atoms with Crippen molar-refractivity contribution in [2.75, 3.05) is 19.6 Å². The zero-order chi connectivity index (χ0) is 9.26. The van der Waals surface area contributed by atoms with E-state index in [-0.39, 0.29) is 12.0 Å². The number of hydrogen-bond acceptors (Lipinski definition) is 3. The highest BCUT2D eigenvalue weighted by Gasteiger charge is 2.30. The third-order valence-corrected chi connectivity index (χ3v) is 2.63. The fourth-order valence-corrected chi connectivity index (χ4v) is 1.91. The van der Waals surface area contributed by atoms with Crippen LogP contribution in [0.25, 0.3) is 0 Å². The molecule has 2 saturated heterocycles. The van der Waals surface area contributed by atoms with Crippen LogP contribution in [0.2, 0.25) is 0 Å². The van der Waals surface area contributed by atoms with E-state index in [2.05, 4.69) is 5.32 Å². The van der Waals surface area contributed by atoms with Crippen molar-refractivity contribution < 1.29 is 9.63 Å². The van der Waals surface area contributed by atoms with E-state index in [1.165, 1.54) is 0 Å². The molecule has 0 bridgehead atoms. The van der Waals surface area contributed by atoms with E-state index in [1.807, 2.05) is 6.92 Å². The van der Waals surface area contributed by atoms with Crippen molar-refractivity contribution in [1.82, 2.24) is 10.4 Å². The fraction of sp³-hybridized carbons (Fsp3) is 0.889. The van der Waals surface area contributed by atoms with E-state index in [4.69, 9.17) is 4.84 Å². The zero-order valence-corrected chi connectivity index (χ0v) is 7.95. The summed E-state index contributed by atoms with van der Waals surface area (Å²) in [6, 6.07) is 0. The Morgan fingerprint density at radius 1 is 1.69 bits per heavy atom. The summed E-state index contributed by atoms with van der Waals surface area (Å²) >= 11 is 0. The van der Waals surface area contributed by atoms with Crippen molar-refractivity contribution in [3.05, 3.63) is 0 Å². The molecule has 4 heteroatoms. The first kappa shape index (κ1) is 8.97. The molecule has 2 heterocycles. The molecule has 0 aromatic heterocycles. The number of nitrogens with one attached hydrogen (secondary N) is 1. The summed E-state index contributed by atoms with van der Waals surface area (Å²) in [5.74, 6) is 0.716. The van der Waals surface area contributed by atoms with E-state index in [9.17, 15) is 4.79 Å². The maximum Gasteiger partial charge on any atom is 0.248 e. The van der Waals surface area contributed by atoms with Gasteiger partial charge in [-0.1, -0.05) is 0 Å². The standard InChI is InChI=1S/C9H16N2O2/c1-7-4-9(12)11(13-7)6-8-2-3-10-5-8/h7-8,10H,2-6H2,1H3. The molecule has 0 spiro atoms. The fourth-order valence-electron chi connectivity index (χ4n) is 1.91. The predicted octanol–water partition coefficient (Wildman–Crippen LogP) is 0.148. The van der Waals surface area contributed by atoms with Crippen molar-refractivity contribution in [2.45, 2.75) is 25.9 Å². The third-order valence-electron chi connectivity index (χ3n) is 2.63. The number of carbonyl (C=O) groups excluding carboxylic acids is 1. The third kappa shape index (κ3) is 2.00. The molecule has 2 rings (SSSR count). The van der Waals surface area contributed by atoms with Crippen molar-refractivity contribution >= 4 is 5.91 Å². The van der Waals surface area contributed by atoms with Crippen LogP contribution in [0.15, 0.2) is 0 Å². The van der Waals surface area contributed by atoms with Crippen LogP contribution in [0.3, 0.4) is 0 Å². The Morgan fingerprint density at radius 2 is 2.54 bits per heavy atom. The number of hydrogen-bond donors (Lipinski definition) is 1. The molecule has 2 aliphatic rings. The molecule has 0 aromatic carbocycles. The van der Waals surface area contributed by atoms with Crippen LogP contribution >= 0.6 is 0 Å². The van der Waals surface area contributed by atoms with Crippen LogP contribution in [0.5, 0.6) is 0 Å². The number of amides is 1. The normalized spacial score (nSPS) is 34.5. The molecule has 1 amide bonds. The van der Waals surface area contributed by atoms with Crippen molar-refractivity contribution in [2.24, 2.45) is 5.92 Å². The monoisotopic (exact) mass is 184 g/mol. The summed E-state index contributed by atoms with van der Waals surface area (Å²) in [7, 11) is 0. The van der Waals surface area contributed by atoms with Crippen LogP contribution in [0.4, 0.5) is 0 Å². The van der Waals surface area contributed by atoms with Gasteiger partial charge in [0, 0.05) is 0 Å². The summed E-state index contributed by atoms with van der Waals surface area (Å²) < 4.78 is 0. The van der Waals surface area contributed by atoms with Gasteiger partial charge in [0.05, 0.1) is 19.1 Å². The Labute approximate surface area is 78.2 Å². The molecule has 2 aliphatic heterocycles. The predicted molar refractivity (Wildman–Crippen MR) is 47.9 cm³/mol. The molecule has 1 N–H and O–H groups in total. The van der Waals surface area contributed by atoms with E-state index in [1.54, 1.807) is 5.06 Å². The number of hydroxylamine groups is 2. The summed E-state index contributed by atoms with van der Waals surface area (Å²) in [5, 5.41) is 4.82. The number of nitrogens with zero attached hydrogens (tertiary/aromatic N) is 1. The second-order valence-corrected chi connectivity index (χ2v) is 3.93. The molecule has 2 unspecified atom stereocenters. The topological polar surface area (TPSA) is 41.6 Å². The van der Waals surface area contributed by atoms with Crippen LogP contribution in [0, 0.1) is 5.92 Å². The number of carbonyl (C=O) groups is 1. The first-order valence-electron chi connectivity index (χ1n) is 4.93.